The van der Waals surface area contributed by atoms with Gasteiger partial charge in [0, 0.05) is 31.5 Å². The van der Waals surface area contributed by atoms with Gasteiger partial charge in [-0.3, -0.25) is 9.69 Å². The van der Waals surface area contributed by atoms with Gasteiger partial charge >= 0.3 is 0 Å². The summed E-state index contributed by atoms with van der Waals surface area (Å²) in [5, 5.41) is 0. The van der Waals surface area contributed by atoms with Crippen LogP contribution in [0, 0.1) is 0 Å². The molecule has 3 heteroatoms. The number of hydrogen-bond donors (Lipinski definition) is 0. The highest BCUT2D eigenvalue weighted by Crippen LogP contribution is 2.05. The van der Waals surface area contributed by atoms with Gasteiger partial charge in [0.05, 0.1) is 6.54 Å². The van der Waals surface area contributed by atoms with Gasteiger partial charge in [-0.25, -0.2) is 0 Å². The van der Waals surface area contributed by atoms with Crippen molar-refractivity contribution in [3.05, 3.63) is 59.9 Å². The monoisotopic (exact) mass is 242 g/mol. The van der Waals surface area contributed by atoms with Gasteiger partial charge in [0.25, 0.3) is 0 Å². The van der Waals surface area contributed by atoms with Gasteiger partial charge in [0.2, 0.25) is 0 Å². The second-order valence-corrected chi connectivity index (χ2v) is 4.65. The minimum absolute atomic E-state index is 0.161. The van der Waals surface area contributed by atoms with Gasteiger partial charge in [0.1, 0.15) is 0 Å². The third-order valence-electron chi connectivity index (χ3n) is 2.86. The fraction of sp³-hybridized carbons (Fsp3) is 0.267. The van der Waals surface area contributed by atoms with Crippen molar-refractivity contribution < 1.29 is 4.79 Å². The molecule has 94 valence electrons. The topological polar surface area (TPSA) is 25.2 Å². The van der Waals surface area contributed by atoms with Gasteiger partial charge < -0.3 is 4.57 Å². The van der Waals surface area contributed by atoms with Crippen LogP contribution in [0.2, 0.25) is 0 Å². The normalized spacial score (nSPS) is 10.8. The lowest BCUT2D eigenvalue weighted by molar-refractivity contribution is 0.0943. The maximum Gasteiger partial charge on any atom is 0.178 e. The van der Waals surface area contributed by atoms with Crippen LogP contribution in [0.5, 0.6) is 0 Å². The number of aryl methyl sites for hydroxylation is 1. The molecule has 0 fully saturated rings. The first-order chi connectivity index (χ1) is 8.65. The highest BCUT2D eigenvalue weighted by atomic mass is 16.1. The van der Waals surface area contributed by atoms with Crippen molar-refractivity contribution in [1.82, 2.24) is 9.47 Å². The number of aromatic nitrogens is 1. The second kappa shape index (κ2) is 5.65. The largest absolute Gasteiger partial charge is 0.357 e. The lowest BCUT2D eigenvalue weighted by Crippen LogP contribution is -2.25. The molecule has 0 saturated heterocycles. The average Bonchev–Trinajstić information content (AvgIpc) is 2.77. The Balaban J connectivity index is 1.92. The van der Waals surface area contributed by atoms with Crippen LogP contribution in [-0.4, -0.2) is 28.8 Å². The van der Waals surface area contributed by atoms with Crippen LogP contribution in [0.25, 0.3) is 0 Å². The highest BCUT2D eigenvalue weighted by molar-refractivity contribution is 5.97. The van der Waals surface area contributed by atoms with Crippen molar-refractivity contribution in [3.63, 3.8) is 0 Å². The molecule has 0 aliphatic rings. The van der Waals surface area contributed by atoms with E-state index in [1.165, 1.54) is 5.56 Å². The fourth-order valence-electron chi connectivity index (χ4n) is 1.96. The first kappa shape index (κ1) is 12.6. The zero-order valence-corrected chi connectivity index (χ0v) is 10.8. The molecule has 0 spiro atoms. The Morgan fingerprint density at radius 3 is 2.56 bits per heavy atom. The van der Waals surface area contributed by atoms with E-state index in [-0.39, 0.29) is 5.78 Å². The first-order valence-electron chi connectivity index (χ1n) is 6.03. The summed E-state index contributed by atoms with van der Waals surface area (Å²) in [6.45, 7) is 1.23. The Morgan fingerprint density at radius 1 is 1.22 bits per heavy atom. The summed E-state index contributed by atoms with van der Waals surface area (Å²) in [7, 11) is 3.89. The fourth-order valence-corrected chi connectivity index (χ4v) is 1.96. The van der Waals surface area contributed by atoms with Crippen LogP contribution in [0.3, 0.4) is 0 Å². The van der Waals surface area contributed by atoms with Crippen LogP contribution in [0.4, 0.5) is 0 Å². The standard InChI is InChI=1S/C15H18N2O/c1-16-9-8-14(11-16)15(18)12-17(2)10-13-6-4-3-5-7-13/h3-9,11H,10,12H2,1-2H3. The molecule has 0 aliphatic carbocycles. The molecule has 1 aromatic heterocycles. The third kappa shape index (κ3) is 3.31. The van der Waals surface area contributed by atoms with E-state index in [9.17, 15) is 4.79 Å². The molecule has 0 saturated carbocycles. The van der Waals surface area contributed by atoms with E-state index in [0.29, 0.717) is 6.54 Å². The minimum Gasteiger partial charge on any atom is -0.357 e. The van der Waals surface area contributed by atoms with E-state index < -0.39 is 0 Å². The van der Waals surface area contributed by atoms with Gasteiger partial charge in [-0.1, -0.05) is 30.3 Å². The summed E-state index contributed by atoms with van der Waals surface area (Å²) in [6, 6.07) is 12.0. The van der Waals surface area contributed by atoms with Crippen LogP contribution < -0.4 is 0 Å². The van der Waals surface area contributed by atoms with E-state index in [0.717, 1.165) is 12.1 Å². The number of likely N-dealkylation sites (N-methyl/N-ethyl adjacent to an activating group) is 1. The molecule has 2 rings (SSSR count). The maximum absolute atomic E-state index is 12.0. The number of ketones is 1. The Hall–Kier alpha value is -1.87. The van der Waals surface area contributed by atoms with Gasteiger partial charge in [-0.15, -0.1) is 0 Å². The Labute approximate surface area is 108 Å². The summed E-state index contributed by atoms with van der Waals surface area (Å²) in [5.41, 5.74) is 2.00. The Morgan fingerprint density at radius 2 is 1.94 bits per heavy atom. The summed E-state index contributed by atoms with van der Waals surface area (Å²) in [5.74, 6) is 0.161. The van der Waals surface area contributed by atoms with Crippen LogP contribution in [0.15, 0.2) is 48.8 Å². The second-order valence-electron chi connectivity index (χ2n) is 4.65. The molecule has 2 aromatic rings. The van der Waals surface area contributed by atoms with E-state index in [4.69, 9.17) is 0 Å². The zero-order valence-electron chi connectivity index (χ0n) is 10.8. The van der Waals surface area contributed by atoms with Crippen LogP contribution >= 0.6 is 0 Å². The summed E-state index contributed by atoms with van der Waals surface area (Å²) in [4.78, 5) is 14.0. The predicted molar refractivity (Wildman–Crippen MR) is 72.5 cm³/mol. The molecular weight excluding hydrogens is 224 g/mol. The molecular formula is C15H18N2O. The number of rotatable bonds is 5. The van der Waals surface area contributed by atoms with E-state index in [1.807, 2.05) is 60.2 Å². The van der Waals surface area contributed by atoms with Crippen molar-refractivity contribution in [3.8, 4) is 0 Å². The summed E-state index contributed by atoms with van der Waals surface area (Å²) >= 11 is 0. The first-order valence-corrected chi connectivity index (χ1v) is 6.03. The molecule has 0 amide bonds. The molecule has 0 radical (unpaired) electrons. The number of carbonyl (C=O) groups is 1. The van der Waals surface area contributed by atoms with E-state index in [1.54, 1.807) is 0 Å². The smallest absolute Gasteiger partial charge is 0.178 e. The van der Waals surface area contributed by atoms with Crippen molar-refractivity contribution in [2.24, 2.45) is 7.05 Å². The lowest BCUT2D eigenvalue weighted by atomic mass is 10.2. The van der Waals surface area contributed by atoms with Gasteiger partial charge in [0.15, 0.2) is 5.78 Å². The molecule has 1 aromatic carbocycles. The average molecular weight is 242 g/mol. The molecule has 0 N–H and O–H groups in total. The molecule has 0 atom stereocenters. The molecule has 18 heavy (non-hydrogen) atoms. The molecule has 0 bridgehead atoms. The number of nitrogens with zero attached hydrogens (tertiary/aromatic N) is 2. The van der Waals surface area contributed by atoms with Crippen molar-refractivity contribution in [2.45, 2.75) is 6.54 Å². The molecule has 3 nitrogen and oxygen atoms in total. The lowest BCUT2D eigenvalue weighted by Gasteiger charge is -2.15. The van der Waals surface area contributed by atoms with Crippen molar-refractivity contribution >= 4 is 5.78 Å². The van der Waals surface area contributed by atoms with Crippen molar-refractivity contribution in [2.75, 3.05) is 13.6 Å². The number of hydrogen-bond acceptors (Lipinski definition) is 2. The van der Waals surface area contributed by atoms with Gasteiger partial charge in [-0.2, -0.15) is 0 Å². The number of benzene rings is 1. The minimum atomic E-state index is 0.161. The number of carbonyl (C=O) groups excluding carboxylic acids is 1. The van der Waals surface area contributed by atoms with E-state index in [2.05, 4.69) is 12.1 Å². The molecule has 0 unspecified atom stereocenters. The van der Waals surface area contributed by atoms with Crippen molar-refractivity contribution in [1.29, 1.82) is 0 Å². The van der Waals surface area contributed by atoms with Crippen LogP contribution in [-0.2, 0) is 13.6 Å². The Kier molecular flexibility index (Phi) is 3.95. The highest BCUT2D eigenvalue weighted by Gasteiger charge is 2.10. The molecule has 0 aliphatic heterocycles. The maximum atomic E-state index is 12.0. The SMILES string of the molecule is CN(CC(=O)c1ccn(C)c1)Cc1ccccc1. The zero-order chi connectivity index (χ0) is 13.0. The predicted octanol–water partition coefficient (Wildman–Crippen LogP) is 2.34. The summed E-state index contributed by atoms with van der Waals surface area (Å²) < 4.78 is 1.89. The Bertz CT molecular complexity index is 516. The number of Topliss-reactive ketones (excluding diaryl/α,β-unsaturated/α-hetero) is 1. The summed E-state index contributed by atoms with van der Waals surface area (Å²) in [6.07, 6.45) is 3.75. The molecule has 1 heterocycles. The quantitative estimate of drug-likeness (QED) is 0.752. The van der Waals surface area contributed by atoms with E-state index >= 15 is 0 Å². The van der Waals surface area contributed by atoms with Crippen LogP contribution in [0.1, 0.15) is 15.9 Å². The third-order valence-corrected chi connectivity index (χ3v) is 2.86. The van der Waals surface area contributed by atoms with Gasteiger partial charge in [-0.05, 0) is 18.7 Å².